The predicted molar refractivity (Wildman–Crippen MR) is 93.2 cm³/mol. The van der Waals surface area contributed by atoms with E-state index in [1.165, 1.54) is 18.4 Å². The lowest BCUT2D eigenvalue weighted by Gasteiger charge is -2.36. The number of benzene rings is 1. The van der Waals surface area contributed by atoms with Crippen LogP contribution in [0.4, 0.5) is 15.9 Å². The van der Waals surface area contributed by atoms with Gasteiger partial charge in [-0.15, -0.1) is 0 Å². The Morgan fingerprint density at radius 3 is 2.58 bits per heavy atom. The van der Waals surface area contributed by atoms with Crippen LogP contribution in [-0.4, -0.2) is 61.1 Å². The van der Waals surface area contributed by atoms with Crippen molar-refractivity contribution in [3.63, 3.8) is 0 Å². The minimum absolute atomic E-state index is 0.189. The van der Waals surface area contributed by atoms with E-state index in [9.17, 15) is 14.0 Å². The molecule has 0 bridgehead atoms. The number of carbonyl (C=O) groups is 2. The number of piperazine rings is 1. The molecular formula is C17H20FN5O3. The minimum atomic E-state index is -0.789. The SMILES string of the molecule is O=C(NCCN1CCN(c2ccccc2F)CC1)C(=O)Nc1ccon1. The van der Waals surface area contributed by atoms with Crippen molar-refractivity contribution < 1.29 is 18.5 Å². The Morgan fingerprint density at radius 1 is 1.12 bits per heavy atom. The monoisotopic (exact) mass is 361 g/mol. The molecule has 1 aliphatic heterocycles. The zero-order valence-corrected chi connectivity index (χ0v) is 14.2. The maximum absolute atomic E-state index is 13.8. The second-order valence-corrected chi connectivity index (χ2v) is 5.87. The molecule has 1 aliphatic rings. The van der Waals surface area contributed by atoms with Crippen molar-refractivity contribution in [1.82, 2.24) is 15.4 Å². The molecule has 138 valence electrons. The highest BCUT2D eigenvalue weighted by molar-refractivity contribution is 6.39. The first-order chi connectivity index (χ1) is 12.6. The van der Waals surface area contributed by atoms with Crippen molar-refractivity contribution in [2.24, 2.45) is 0 Å². The molecule has 2 aromatic rings. The van der Waals surface area contributed by atoms with Gasteiger partial charge in [-0.25, -0.2) is 4.39 Å². The molecule has 0 atom stereocenters. The van der Waals surface area contributed by atoms with Gasteiger partial charge < -0.3 is 14.7 Å². The molecule has 0 saturated carbocycles. The highest BCUT2D eigenvalue weighted by Gasteiger charge is 2.20. The average molecular weight is 361 g/mol. The molecule has 1 aromatic carbocycles. The first-order valence-corrected chi connectivity index (χ1v) is 8.35. The van der Waals surface area contributed by atoms with Gasteiger partial charge >= 0.3 is 11.8 Å². The van der Waals surface area contributed by atoms with E-state index < -0.39 is 11.8 Å². The van der Waals surface area contributed by atoms with Crippen LogP contribution < -0.4 is 15.5 Å². The topological polar surface area (TPSA) is 90.7 Å². The van der Waals surface area contributed by atoms with E-state index in [0.29, 0.717) is 31.9 Å². The van der Waals surface area contributed by atoms with Crippen LogP contribution in [0.2, 0.25) is 0 Å². The van der Waals surface area contributed by atoms with Crippen molar-refractivity contribution in [1.29, 1.82) is 0 Å². The Balaban J connectivity index is 1.37. The molecule has 1 fully saturated rings. The molecule has 0 spiro atoms. The van der Waals surface area contributed by atoms with E-state index in [1.807, 2.05) is 11.0 Å². The van der Waals surface area contributed by atoms with Gasteiger partial charge in [0.15, 0.2) is 5.82 Å². The summed E-state index contributed by atoms with van der Waals surface area (Å²) < 4.78 is 18.4. The largest absolute Gasteiger partial charge is 0.367 e. The lowest BCUT2D eigenvalue weighted by molar-refractivity contribution is -0.136. The number of rotatable bonds is 5. The fourth-order valence-corrected chi connectivity index (χ4v) is 2.78. The predicted octanol–water partition coefficient (Wildman–Crippen LogP) is 0.691. The van der Waals surface area contributed by atoms with Crippen LogP contribution in [0.25, 0.3) is 0 Å². The van der Waals surface area contributed by atoms with Gasteiger partial charge in [0.1, 0.15) is 12.1 Å². The third-order valence-corrected chi connectivity index (χ3v) is 4.16. The van der Waals surface area contributed by atoms with Crippen LogP contribution in [0.5, 0.6) is 0 Å². The summed E-state index contributed by atoms with van der Waals surface area (Å²) in [6, 6.07) is 8.18. The van der Waals surface area contributed by atoms with Crippen LogP contribution >= 0.6 is 0 Å². The summed E-state index contributed by atoms with van der Waals surface area (Å²) in [5.41, 5.74) is 0.616. The Kier molecular flexibility index (Phi) is 5.80. The van der Waals surface area contributed by atoms with Gasteiger partial charge in [0.05, 0.1) is 5.69 Å². The molecule has 2 amide bonds. The Labute approximate surface area is 149 Å². The number of aromatic nitrogens is 1. The first-order valence-electron chi connectivity index (χ1n) is 8.35. The summed E-state index contributed by atoms with van der Waals surface area (Å²) in [5.74, 6) is -1.54. The second-order valence-electron chi connectivity index (χ2n) is 5.87. The van der Waals surface area contributed by atoms with Gasteiger partial charge in [0.25, 0.3) is 0 Å². The van der Waals surface area contributed by atoms with E-state index in [0.717, 1.165) is 13.1 Å². The van der Waals surface area contributed by atoms with Gasteiger partial charge in [-0.2, -0.15) is 0 Å². The maximum atomic E-state index is 13.8. The number of para-hydroxylation sites is 1. The van der Waals surface area contributed by atoms with Gasteiger partial charge in [-0.05, 0) is 12.1 Å². The normalized spacial score (nSPS) is 14.9. The standard InChI is InChI=1S/C17H20FN5O3/c18-13-3-1-2-4-14(13)23-10-8-22(9-11-23)7-6-19-16(24)17(25)20-15-5-12-26-21-15/h1-5,12H,6-11H2,(H,19,24)(H,20,21,25). The highest BCUT2D eigenvalue weighted by Crippen LogP contribution is 2.19. The summed E-state index contributed by atoms with van der Waals surface area (Å²) in [7, 11) is 0. The highest BCUT2D eigenvalue weighted by atomic mass is 19.1. The smallest absolute Gasteiger partial charge is 0.314 e. The van der Waals surface area contributed by atoms with Gasteiger partial charge in [0, 0.05) is 45.3 Å². The summed E-state index contributed by atoms with van der Waals surface area (Å²) >= 11 is 0. The number of amides is 2. The van der Waals surface area contributed by atoms with Crippen molar-refractivity contribution >= 4 is 23.3 Å². The van der Waals surface area contributed by atoms with E-state index in [-0.39, 0.29) is 11.6 Å². The molecule has 1 saturated heterocycles. The third kappa shape index (κ3) is 4.57. The summed E-state index contributed by atoms with van der Waals surface area (Å²) in [6.07, 6.45) is 1.30. The van der Waals surface area contributed by atoms with Crippen molar-refractivity contribution in [2.45, 2.75) is 0 Å². The molecule has 8 nitrogen and oxygen atoms in total. The number of nitrogens with one attached hydrogen (secondary N) is 2. The number of nitrogens with zero attached hydrogens (tertiary/aromatic N) is 3. The molecule has 0 radical (unpaired) electrons. The van der Waals surface area contributed by atoms with Crippen molar-refractivity contribution in [3.05, 3.63) is 42.4 Å². The number of halogens is 1. The van der Waals surface area contributed by atoms with Gasteiger partial charge in [-0.1, -0.05) is 17.3 Å². The Hall–Kier alpha value is -2.94. The minimum Gasteiger partial charge on any atom is -0.367 e. The van der Waals surface area contributed by atoms with E-state index in [1.54, 1.807) is 12.1 Å². The maximum Gasteiger partial charge on any atom is 0.314 e. The molecular weight excluding hydrogens is 341 g/mol. The fourth-order valence-electron chi connectivity index (χ4n) is 2.78. The lowest BCUT2D eigenvalue weighted by Crippen LogP contribution is -2.49. The second kappa shape index (κ2) is 8.43. The van der Waals surface area contributed by atoms with Crippen LogP contribution in [-0.2, 0) is 9.59 Å². The van der Waals surface area contributed by atoms with Crippen LogP contribution in [0, 0.1) is 5.82 Å². The van der Waals surface area contributed by atoms with E-state index in [4.69, 9.17) is 0 Å². The lowest BCUT2D eigenvalue weighted by atomic mass is 10.2. The van der Waals surface area contributed by atoms with Crippen LogP contribution in [0.3, 0.4) is 0 Å². The molecule has 3 rings (SSSR count). The summed E-state index contributed by atoms with van der Waals surface area (Å²) in [4.78, 5) is 27.6. The third-order valence-electron chi connectivity index (χ3n) is 4.16. The Bertz CT molecular complexity index is 745. The van der Waals surface area contributed by atoms with E-state index >= 15 is 0 Å². The van der Waals surface area contributed by atoms with E-state index in [2.05, 4.69) is 25.2 Å². The van der Waals surface area contributed by atoms with Crippen LogP contribution in [0.15, 0.2) is 41.1 Å². The molecule has 2 heterocycles. The summed E-state index contributed by atoms with van der Waals surface area (Å²) in [6.45, 7) is 3.91. The molecule has 2 N–H and O–H groups in total. The quantitative estimate of drug-likeness (QED) is 0.762. The van der Waals surface area contributed by atoms with Crippen LogP contribution in [0.1, 0.15) is 0 Å². The number of anilines is 2. The van der Waals surface area contributed by atoms with Crippen molar-refractivity contribution in [2.75, 3.05) is 49.5 Å². The average Bonchev–Trinajstić information content (AvgIpc) is 3.16. The van der Waals surface area contributed by atoms with Gasteiger partial charge in [-0.3, -0.25) is 19.8 Å². The number of carbonyl (C=O) groups excluding carboxylic acids is 2. The van der Waals surface area contributed by atoms with Gasteiger partial charge in [0.2, 0.25) is 0 Å². The summed E-state index contributed by atoms with van der Waals surface area (Å²) in [5, 5.41) is 8.40. The molecule has 0 unspecified atom stereocenters. The molecule has 26 heavy (non-hydrogen) atoms. The number of hydrogen-bond acceptors (Lipinski definition) is 6. The zero-order valence-electron chi connectivity index (χ0n) is 14.2. The zero-order chi connectivity index (χ0) is 18.4. The molecule has 0 aliphatic carbocycles. The van der Waals surface area contributed by atoms with Crippen molar-refractivity contribution in [3.8, 4) is 0 Å². The molecule has 9 heteroatoms. The Morgan fingerprint density at radius 2 is 1.88 bits per heavy atom. The fraction of sp³-hybridized carbons (Fsp3) is 0.353. The first kappa shape index (κ1) is 17.9. The number of hydrogen-bond donors (Lipinski definition) is 2. The molecule has 1 aromatic heterocycles.